The average molecular weight is 216 g/mol. The molecule has 1 aromatic rings. The minimum atomic E-state index is -0.561. The third-order valence-corrected chi connectivity index (χ3v) is 2.70. The van der Waals surface area contributed by atoms with E-state index < -0.39 is 5.54 Å². The van der Waals surface area contributed by atoms with Crippen molar-refractivity contribution < 1.29 is 0 Å². The lowest BCUT2D eigenvalue weighted by atomic mass is 9.94. The largest absolute Gasteiger partial charge is 0.318 e. The second-order valence-electron chi connectivity index (χ2n) is 3.12. The van der Waals surface area contributed by atoms with E-state index in [4.69, 9.17) is 28.9 Å². The van der Waals surface area contributed by atoms with E-state index in [0.717, 1.165) is 5.56 Å². The van der Waals surface area contributed by atoms with Gasteiger partial charge in [-0.2, -0.15) is 0 Å². The van der Waals surface area contributed by atoms with Gasteiger partial charge in [-0.1, -0.05) is 35.3 Å². The summed E-state index contributed by atoms with van der Waals surface area (Å²) >= 11 is 11.6. The van der Waals surface area contributed by atoms with E-state index in [9.17, 15) is 0 Å². The quantitative estimate of drug-likeness (QED) is 0.753. The Morgan fingerprint density at radius 3 is 2.46 bits per heavy atom. The van der Waals surface area contributed by atoms with Crippen LogP contribution in [0.15, 0.2) is 30.9 Å². The molecule has 0 aliphatic carbocycles. The zero-order valence-corrected chi connectivity index (χ0v) is 8.86. The van der Waals surface area contributed by atoms with Crippen LogP contribution >= 0.6 is 23.2 Å². The minimum absolute atomic E-state index is 0.512. The Balaban J connectivity index is 3.18. The molecule has 1 aromatic carbocycles. The van der Waals surface area contributed by atoms with Crippen LogP contribution in [0.5, 0.6) is 0 Å². The third kappa shape index (κ3) is 2.25. The highest BCUT2D eigenvalue weighted by atomic mass is 35.5. The zero-order chi connectivity index (χ0) is 10.1. The number of nitrogens with two attached hydrogens (primary N) is 1. The third-order valence-electron chi connectivity index (χ3n) is 1.97. The molecule has 0 saturated heterocycles. The molecule has 0 radical (unpaired) electrons. The molecule has 0 spiro atoms. The molecule has 70 valence electrons. The van der Waals surface area contributed by atoms with Crippen molar-refractivity contribution >= 4 is 23.2 Å². The summed E-state index contributed by atoms with van der Waals surface area (Å²) in [6, 6.07) is 5.33. The number of halogens is 2. The number of hydrogen-bond acceptors (Lipinski definition) is 1. The van der Waals surface area contributed by atoms with Crippen molar-refractivity contribution in [3.05, 3.63) is 46.5 Å². The van der Waals surface area contributed by atoms with Crippen LogP contribution in [0, 0.1) is 0 Å². The molecule has 0 unspecified atom stereocenters. The zero-order valence-electron chi connectivity index (χ0n) is 7.35. The summed E-state index contributed by atoms with van der Waals surface area (Å²) in [5.74, 6) is 0. The molecule has 0 heterocycles. The second kappa shape index (κ2) is 3.70. The molecule has 3 heteroatoms. The molecule has 1 nitrogen and oxygen atoms in total. The Labute approximate surface area is 88.1 Å². The molecule has 13 heavy (non-hydrogen) atoms. The summed E-state index contributed by atoms with van der Waals surface area (Å²) in [6.07, 6.45) is 1.67. The molecule has 0 amide bonds. The maximum absolute atomic E-state index is 5.94. The molecular weight excluding hydrogens is 205 g/mol. The molecule has 1 atom stereocenters. The van der Waals surface area contributed by atoms with Gasteiger partial charge in [0, 0.05) is 0 Å². The summed E-state index contributed by atoms with van der Waals surface area (Å²) in [5, 5.41) is 1.04. The van der Waals surface area contributed by atoms with Gasteiger partial charge in [0.15, 0.2) is 0 Å². The van der Waals surface area contributed by atoms with Crippen LogP contribution in [0.1, 0.15) is 12.5 Å². The summed E-state index contributed by atoms with van der Waals surface area (Å²) in [5.41, 5.74) is 6.28. The van der Waals surface area contributed by atoms with Gasteiger partial charge in [-0.3, -0.25) is 0 Å². The normalized spacial score (nSPS) is 15.1. The highest BCUT2D eigenvalue weighted by Crippen LogP contribution is 2.27. The van der Waals surface area contributed by atoms with Crippen LogP contribution < -0.4 is 5.73 Å². The van der Waals surface area contributed by atoms with Crippen LogP contribution in [-0.2, 0) is 5.54 Å². The van der Waals surface area contributed by atoms with E-state index in [0.29, 0.717) is 10.0 Å². The Kier molecular flexibility index (Phi) is 3.01. The van der Waals surface area contributed by atoms with E-state index in [1.54, 1.807) is 18.2 Å². The molecule has 1 rings (SSSR count). The van der Waals surface area contributed by atoms with Gasteiger partial charge in [0.05, 0.1) is 15.6 Å². The SMILES string of the molecule is C=C[C@](C)(N)c1ccc(Cl)c(Cl)c1. The monoisotopic (exact) mass is 215 g/mol. The van der Waals surface area contributed by atoms with Crippen molar-refractivity contribution in [1.29, 1.82) is 0 Å². The van der Waals surface area contributed by atoms with E-state index in [1.165, 1.54) is 0 Å². The van der Waals surface area contributed by atoms with Crippen molar-refractivity contribution in [3.63, 3.8) is 0 Å². The first kappa shape index (κ1) is 10.6. The lowest BCUT2D eigenvalue weighted by Crippen LogP contribution is -2.29. The van der Waals surface area contributed by atoms with Crippen LogP contribution in [0.25, 0.3) is 0 Å². The van der Waals surface area contributed by atoms with Gasteiger partial charge in [0.2, 0.25) is 0 Å². The molecule has 0 saturated carbocycles. The number of benzene rings is 1. The first-order valence-electron chi connectivity index (χ1n) is 3.85. The van der Waals surface area contributed by atoms with Gasteiger partial charge < -0.3 is 5.73 Å². The predicted octanol–water partition coefficient (Wildman–Crippen LogP) is 3.35. The topological polar surface area (TPSA) is 26.0 Å². The van der Waals surface area contributed by atoms with Gasteiger partial charge in [0.25, 0.3) is 0 Å². The maximum atomic E-state index is 5.94. The van der Waals surface area contributed by atoms with Crippen LogP contribution in [0.2, 0.25) is 10.0 Å². The highest BCUT2D eigenvalue weighted by Gasteiger charge is 2.17. The van der Waals surface area contributed by atoms with E-state index in [-0.39, 0.29) is 0 Å². The van der Waals surface area contributed by atoms with E-state index in [2.05, 4.69) is 6.58 Å². The van der Waals surface area contributed by atoms with Crippen LogP contribution in [-0.4, -0.2) is 0 Å². The van der Waals surface area contributed by atoms with Crippen molar-refractivity contribution in [2.24, 2.45) is 5.73 Å². The predicted molar refractivity (Wildman–Crippen MR) is 58.2 cm³/mol. The summed E-state index contributed by atoms with van der Waals surface area (Å²) in [7, 11) is 0. The Hall–Kier alpha value is -0.500. The Morgan fingerprint density at radius 2 is 2.00 bits per heavy atom. The first-order valence-corrected chi connectivity index (χ1v) is 4.61. The Morgan fingerprint density at radius 1 is 1.38 bits per heavy atom. The molecule has 0 bridgehead atoms. The summed E-state index contributed by atoms with van der Waals surface area (Å²) in [6.45, 7) is 5.52. The van der Waals surface area contributed by atoms with Gasteiger partial charge in [-0.15, -0.1) is 6.58 Å². The van der Waals surface area contributed by atoms with Gasteiger partial charge >= 0.3 is 0 Å². The Bertz CT molecular complexity index is 332. The second-order valence-corrected chi connectivity index (χ2v) is 3.93. The van der Waals surface area contributed by atoms with Crippen molar-refractivity contribution in [2.75, 3.05) is 0 Å². The van der Waals surface area contributed by atoms with Gasteiger partial charge in [-0.25, -0.2) is 0 Å². The molecule has 0 aliphatic rings. The fourth-order valence-electron chi connectivity index (χ4n) is 0.949. The van der Waals surface area contributed by atoms with Crippen molar-refractivity contribution in [1.82, 2.24) is 0 Å². The molecule has 0 fully saturated rings. The fraction of sp³-hybridized carbons (Fsp3) is 0.200. The maximum Gasteiger partial charge on any atom is 0.0595 e. The lowest BCUT2D eigenvalue weighted by Gasteiger charge is -2.20. The smallest absolute Gasteiger partial charge is 0.0595 e. The lowest BCUT2D eigenvalue weighted by molar-refractivity contribution is 0.632. The molecule has 2 N–H and O–H groups in total. The molecule has 0 aliphatic heterocycles. The number of rotatable bonds is 2. The van der Waals surface area contributed by atoms with Crippen molar-refractivity contribution in [3.8, 4) is 0 Å². The average Bonchev–Trinajstić information content (AvgIpc) is 2.09. The number of hydrogen-bond donors (Lipinski definition) is 1. The van der Waals surface area contributed by atoms with E-state index >= 15 is 0 Å². The van der Waals surface area contributed by atoms with Gasteiger partial charge in [0.1, 0.15) is 0 Å². The highest BCUT2D eigenvalue weighted by molar-refractivity contribution is 6.42. The molecule has 0 aromatic heterocycles. The fourth-order valence-corrected chi connectivity index (χ4v) is 1.25. The van der Waals surface area contributed by atoms with Crippen molar-refractivity contribution in [2.45, 2.75) is 12.5 Å². The van der Waals surface area contributed by atoms with Crippen LogP contribution in [0.3, 0.4) is 0 Å². The summed E-state index contributed by atoms with van der Waals surface area (Å²) < 4.78 is 0. The minimum Gasteiger partial charge on any atom is -0.318 e. The van der Waals surface area contributed by atoms with Crippen LogP contribution in [0.4, 0.5) is 0 Å². The van der Waals surface area contributed by atoms with E-state index in [1.807, 2.05) is 13.0 Å². The summed E-state index contributed by atoms with van der Waals surface area (Å²) in [4.78, 5) is 0. The standard InChI is InChI=1S/C10H11Cl2N/c1-3-10(2,13)7-4-5-8(11)9(12)6-7/h3-6H,1,13H2,2H3/t10-/m0/s1. The first-order chi connectivity index (χ1) is 5.97. The molecular formula is C10H11Cl2N. The van der Waals surface area contributed by atoms with Gasteiger partial charge in [-0.05, 0) is 24.6 Å².